The smallest absolute Gasteiger partial charge is 0.329 e. The SMILES string of the molecule is CC(=O)Nc1ccc(C(=O)N2CCCC2(C)C(=O)O)s1. The molecule has 108 valence electrons. The van der Waals surface area contributed by atoms with E-state index in [2.05, 4.69) is 5.32 Å². The van der Waals surface area contributed by atoms with E-state index in [1.807, 2.05) is 0 Å². The lowest BCUT2D eigenvalue weighted by Gasteiger charge is -2.30. The van der Waals surface area contributed by atoms with Crippen LogP contribution in [0, 0.1) is 0 Å². The van der Waals surface area contributed by atoms with Crippen LogP contribution in [-0.4, -0.2) is 39.9 Å². The standard InChI is InChI=1S/C13H16N2O4S/c1-8(16)14-10-5-4-9(20-10)11(17)15-7-3-6-13(15,2)12(18)19/h4-5H,3,6-7H2,1-2H3,(H,14,16)(H,18,19). The Kier molecular flexibility index (Phi) is 3.80. The van der Waals surface area contributed by atoms with Crippen molar-refractivity contribution in [1.82, 2.24) is 4.90 Å². The summed E-state index contributed by atoms with van der Waals surface area (Å²) < 4.78 is 0. The first-order valence-corrected chi connectivity index (χ1v) is 7.09. The van der Waals surface area contributed by atoms with E-state index in [1.54, 1.807) is 19.1 Å². The fourth-order valence-corrected chi connectivity index (χ4v) is 3.24. The molecule has 2 N–H and O–H groups in total. The van der Waals surface area contributed by atoms with Gasteiger partial charge < -0.3 is 15.3 Å². The second-order valence-electron chi connectivity index (χ2n) is 4.98. The van der Waals surface area contributed by atoms with E-state index in [1.165, 1.54) is 11.8 Å². The minimum Gasteiger partial charge on any atom is -0.480 e. The molecule has 1 unspecified atom stereocenters. The predicted octanol–water partition coefficient (Wildman–Crippen LogP) is 1.79. The third-order valence-corrected chi connectivity index (χ3v) is 4.45. The van der Waals surface area contributed by atoms with Gasteiger partial charge in [-0.05, 0) is 31.9 Å². The molecule has 1 aromatic rings. The molecule has 0 bridgehead atoms. The van der Waals surface area contributed by atoms with Crippen molar-refractivity contribution >= 4 is 34.1 Å². The number of likely N-dealkylation sites (tertiary alicyclic amines) is 1. The van der Waals surface area contributed by atoms with Gasteiger partial charge in [-0.3, -0.25) is 9.59 Å². The number of aliphatic carboxylic acids is 1. The molecule has 1 aliphatic rings. The van der Waals surface area contributed by atoms with E-state index in [4.69, 9.17) is 0 Å². The topological polar surface area (TPSA) is 86.7 Å². The second kappa shape index (κ2) is 5.24. The summed E-state index contributed by atoms with van der Waals surface area (Å²) in [7, 11) is 0. The molecule has 1 aromatic heterocycles. The number of carbonyl (C=O) groups excluding carboxylic acids is 2. The molecule has 2 heterocycles. The average molecular weight is 296 g/mol. The summed E-state index contributed by atoms with van der Waals surface area (Å²) in [6.45, 7) is 3.40. The fourth-order valence-electron chi connectivity index (χ4n) is 2.34. The number of hydrogen-bond acceptors (Lipinski definition) is 4. The summed E-state index contributed by atoms with van der Waals surface area (Å²) in [5.41, 5.74) is -1.14. The molecule has 0 aromatic carbocycles. The average Bonchev–Trinajstić information content (AvgIpc) is 2.95. The molecule has 2 rings (SSSR count). The third kappa shape index (κ3) is 2.53. The molecule has 0 aliphatic carbocycles. The molecular formula is C13H16N2O4S. The number of rotatable bonds is 3. The number of hydrogen-bond donors (Lipinski definition) is 2. The summed E-state index contributed by atoms with van der Waals surface area (Å²) in [5, 5.41) is 12.5. The highest BCUT2D eigenvalue weighted by Gasteiger charge is 2.46. The Balaban J connectivity index is 2.21. The molecule has 6 nitrogen and oxygen atoms in total. The minimum atomic E-state index is -1.14. The molecule has 1 fully saturated rings. The van der Waals surface area contributed by atoms with Crippen LogP contribution in [0.4, 0.5) is 5.00 Å². The van der Waals surface area contributed by atoms with E-state index in [0.29, 0.717) is 29.3 Å². The maximum Gasteiger partial charge on any atom is 0.329 e. The largest absolute Gasteiger partial charge is 0.480 e. The molecule has 2 amide bonds. The highest BCUT2D eigenvalue weighted by Crippen LogP contribution is 2.33. The number of carbonyl (C=O) groups is 3. The van der Waals surface area contributed by atoms with Gasteiger partial charge >= 0.3 is 5.97 Å². The van der Waals surface area contributed by atoms with Crippen molar-refractivity contribution in [2.75, 3.05) is 11.9 Å². The quantitative estimate of drug-likeness (QED) is 0.890. The van der Waals surface area contributed by atoms with Crippen molar-refractivity contribution in [3.63, 3.8) is 0 Å². The Labute approximate surface area is 120 Å². The van der Waals surface area contributed by atoms with E-state index in [-0.39, 0.29) is 11.8 Å². The van der Waals surface area contributed by atoms with Gasteiger partial charge in [0.2, 0.25) is 5.91 Å². The van der Waals surface area contributed by atoms with Crippen molar-refractivity contribution < 1.29 is 19.5 Å². The molecule has 1 aliphatic heterocycles. The van der Waals surface area contributed by atoms with Gasteiger partial charge in [-0.2, -0.15) is 0 Å². The molecule has 1 atom stereocenters. The van der Waals surface area contributed by atoms with Crippen LogP contribution in [0.15, 0.2) is 12.1 Å². The Morgan fingerprint density at radius 2 is 2.10 bits per heavy atom. The Morgan fingerprint density at radius 3 is 2.70 bits per heavy atom. The van der Waals surface area contributed by atoms with Crippen LogP contribution in [0.2, 0.25) is 0 Å². The van der Waals surface area contributed by atoms with Gasteiger partial charge in [0.05, 0.1) is 9.88 Å². The number of carboxylic acid groups (broad SMARTS) is 1. The monoisotopic (exact) mass is 296 g/mol. The number of nitrogens with zero attached hydrogens (tertiary/aromatic N) is 1. The highest BCUT2D eigenvalue weighted by molar-refractivity contribution is 7.18. The van der Waals surface area contributed by atoms with Crippen molar-refractivity contribution in [3.8, 4) is 0 Å². The van der Waals surface area contributed by atoms with Crippen molar-refractivity contribution in [2.24, 2.45) is 0 Å². The molecule has 7 heteroatoms. The van der Waals surface area contributed by atoms with E-state index in [9.17, 15) is 19.5 Å². The van der Waals surface area contributed by atoms with Gasteiger partial charge in [-0.25, -0.2) is 4.79 Å². The number of amides is 2. The van der Waals surface area contributed by atoms with Crippen LogP contribution in [0.3, 0.4) is 0 Å². The third-order valence-electron chi connectivity index (χ3n) is 3.46. The summed E-state index contributed by atoms with van der Waals surface area (Å²) in [4.78, 5) is 36.6. The summed E-state index contributed by atoms with van der Waals surface area (Å²) in [6, 6.07) is 3.26. The number of anilines is 1. The number of nitrogens with one attached hydrogen (secondary N) is 1. The van der Waals surface area contributed by atoms with E-state index < -0.39 is 11.5 Å². The minimum absolute atomic E-state index is 0.206. The first-order chi connectivity index (χ1) is 9.34. The zero-order chi connectivity index (χ0) is 14.9. The zero-order valence-corrected chi connectivity index (χ0v) is 12.1. The van der Waals surface area contributed by atoms with E-state index >= 15 is 0 Å². The Bertz CT molecular complexity index is 568. The predicted molar refractivity (Wildman–Crippen MR) is 74.9 cm³/mol. The molecular weight excluding hydrogens is 280 g/mol. The lowest BCUT2D eigenvalue weighted by molar-refractivity contribution is -0.147. The number of thiophene rings is 1. The molecule has 0 saturated carbocycles. The van der Waals surface area contributed by atoms with Crippen LogP contribution in [0.5, 0.6) is 0 Å². The second-order valence-corrected chi connectivity index (χ2v) is 6.07. The number of carboxylic acids is 1. The van der Waals surface area contributed by atoms with Crippen LogP contribution >= 0.6 is 11.3 Å². The van der Waals surface area contributed by atoms with Crippen molar-refractivity contribution in [2.45, 2.75) is 32.2 Å². The maximum atomic E-state index is 12.4. The summed E-state index contributed by atoms with van der Waals surface area (Å²) in [6.07, 6.45) is 1.14. The van der Waals surface area contributed by atoms with Crippen molar-refractivity contribution in [1.29, 1.82) is 0 Å². The molecule has 0 radical (unpaired) electrons. The lowest BCUT2D eigenvalue weighted by atomic mass is 9.99. The molecule has 20 heavy (non-hydrogen) atoms. The fraction of sp³-hybridized carbons (Fsp3) is 0.462. The summed E-state index contributed by atoms with van der Waals surface area (Å²) in [5.74, 6) is -1.49. The van der Waals surface area contributed by atoms with Crippen LogP contribution < -0.4 is 5.32 Å². The summed E-state index contributed by atoms with van der Waals surface area (Å²) >= 11 is 1.15. The Morgan fingerprint density at radius 1 is 1.40 bits per heavy atom. The molecule has 0 spiro atoms. The Hall–Kier alpha value is -1.89. The van der Waals surface area contributed by atoms with Gasteiger partial charge in [-0.1, -0.05) is 0 Å². The van der Waals surface area contributed by atoms with Crippen LogP contribution in [-0.2, 0) is 9.59 Å². The van der Waals surface area contributed by atoms with E-state index in [0.717, 1.165) is 11.3 Å². The van der Waals surface area contributed by atoms with Gasteiger partial charge in [0, 0.05) is 13.5 Å². The van der Waals surface area contributed by atoms with Crippen LogP contribution in [0.25, 0.3) is 0 Å². The van der Waals surface area contributed by atoms with Gasteiger partial charge in [0.1, 0.15) is 5.54 Å². The zero-order valence-electron chi connectivity index (χ0n) is 11.3. The highest BCUT2D eigenvalue weighted by atomic mass is 32.1. The van der Waals surface area contributed by atoms with Crippen LogP contribution in [0.1, 0.15) is 36.4 Å². The first kappa shape index (κ1) is 14.5. The van der Waals surface area contributed by atoms with Gasteiger partial charge in [-0.15, -0.1) is 11.3 Å². The first-order valence-electron chi connectivity index (χ1n) is 6.27. The normalized spacial score (nSPS) is 21.8. The van der Waals surface area contributed by atoms with Gasteiger partial charge in [0.25, 0.3) is 5.91 Å². The van der Waals surface area contributed by atoms with Crippen molar-refractivity contribution in [3.05, 3.63) is 17.0 Å². The lowest BCUT2D eigenvalue weighted by Crippen LogP contribution is -2.50. The molecule has 1 saturated heterocycles. The van der Waals surface area contributed by atoms with Gasteiger partial charge in [0.15, 0.2) is 0 Å². The maximum absolute atomic E-state index is 12.4.